The molecule has 0 heterocycles. The first-order valence-electron chi connectivity index (χ1n) is 7.34. The number of benzene rings is 2. The number of para-hydroxylation sites is 1. The van der Waals surface area contributed by atoms with Crippen LogP contribution in [0.25, 0.3) is 0 Å². The van der Waals surface area contributed by atoms with Gasteiger partial charge in [0, 0.05) is 5.56 Å². The van der Waals surface area contributed by atoms with Crippen molar-refractivity contribution in [1.82, 2.24) is 0 Å². The lowest BCUT2D eigenvalue weighted by molar-refractivity contribution is 0.0698. The molecule has 5 nitrogen and oxygen atoms in total. The van der Waals surface area contributed by atoms with E-state index >= 15 is 0 Å². The van der Waals surface area contributed by atoms with Crippen LogP contribution in [0.15, 0.2) is 48.5 Å². The SMILES string of the molecule is CC(C)COc1cccc(C(=O)Nc2ccccc2C(=O)O)c1. The normalized spacial score (nSPS) is 10.4. The van der Waals surface area contributed by atoms with Crippen molar-refractivity contribution in [1.29, 1.82) is 0 Å². The molecule has 0 unspecified atom stereocenters. The molecule has 0 saturated heterocycles. The smallest absolute Gasteiger partial charge is 0.337 e. The van der Waals surface area contributed by atoms with Gasteiger partial charge in [-0.3, -0.25) is 4.79 Å². The zero-order valence-electron chi connectivity index (χ0n) is 13.1. The number of hydrogen-bond donors (Lipinski definition) is 2. The molecule has 0 radical (unpaired) electrons. The van der Waals surface area contributed by atoms with E-state index in [1.807, 2.05) is 13.8 Å². The van der Waals surface area contributed by atoms with Crippen molar-refractivity contribution in [2.45, 2.75) is 13.8 Å². The summed E-state index contributed by atoms with van der Waals surface area (Å²) >= 11 is 0. The Bertz CT molecular complexity index is 710. The number of amides is 1. The maximum absolute atomic E-state index is 12.3. The van der Waals surface area contributed by atoms with Gasteiger partial charge >= 0.3 is 5.97 Å². The van der Waals surface area contributed by atoms with Crippen LogP contribution in [0.4, 0.5) is 5.69 Å². The first-order valence-corrected chi connectivity index (χ1v) is 7.34. The Labute approximate surface area is 134 Å². The van der Waals surface area contributed by atoms with E-state index in [2.05, 4.69) is 5.32 Å². The van der Waals surface area contributed by atoms with Gasteiger partial charge in [0.05, 0.1) is 17.9 Å². The summed E-state index contributed by atoms with van der Waals surface area (Å²) in [5.74, 6) is -0.476. The third-order valence-corrected chi connectivity index (χ3v) is 3.09. The zero-order valence-corrected chi connectivity index (χ0v) is 13.1. The lowest BCUT2D eigenvalue weighted by Gasteiger charge is -2.11. The fourth-order valence-corrected chi connectivity index (χ4v) is 1.96. The zero-order chi connectivity index (χ0) is 16.8. The molecule has 0 fully saturated rings. The van der Waals surface area contributed by atoms with E-state index in [0.717, 1.165) is 0 Å². The van der Waals surface area contributed by atoms with Crippen LogP contribution >= 0.6 is 0 Å². The lowest BCUT2D eigenvalue weighted by atomic mass is 10.1. The molecule has 0 aliphatic rings. The highest BCUT2D eigenvalue weighted by Crippen LogP contribution is 2.18. The van der Waals surface area contributed by atoms with E-state index in [1.165, 1.54) is 6.07 Å². The van der Waals surface area contributed by atoms with Crippen molar-refractivity contribution < 1.29 is 19.4 Å². The summed E-state index contributed by atoms with van der Waals surface area (Å²) in [6, 6.07) is 13.1. The molecule has 0 aliphatic heterocycles. The molecular weight excluding hydrogens is 294 g/mol. The van der Waals surface area contributed by atoms with E-state index in [0.29, 0.717) is 23.8 Å². The van der Waals surface area contributed by atoms with Crippen LogP contribution in [0.2, 0.25) is 0 Å². The van der Waals surface area contributed by atoms with Crippen molar-refractivity contribution in [2.75, 3.05) is 11.9 Å². The van der Waals surface area contributed by atoms with Gasteiger partial charge in [0.25, 0.3) is 5.91 Å². The number of carbonyl (C=O) groups excluding carboxylic acids is 1. The number of ether oxygens (including phenoxy) is 1. The highest BCUT2D eigenvalue weighted by molar-refractivity contribution is 6.07. The Morgan fingerprint density at radius 1 is 1.13 bits per heavy atom. The van der Waals surface area contributed by atoms with Gasteiger partial charge in [-0.05, 0) is 36.2 Å². The van der Waals surface area contributed by atoms with E-state index in [-0.39, 0.29) is 17.2 Å². The summed E-state index contributed by atoms with van der Waals surface area (Å²) in [7, 11) is 0. The van der Waals surface area contributed by atoms with Crippen molar-refractivity contribution in [3.8, 4) is 5.75 Å². The molecule has 0 atom stereocenters. The van der Waals surface area contributed by atoms with Gasteiger partial charge < -0.3 is 15.2 Å². The first kappa shape index (κ1) is 16.5. The molecule has 5 heteroatoms. The summed E-state index contributed by atoms with van der Waals surface area (Å²) in [6.45, 7) is 4.64. The monoisotopic (exact) mass is 313 g/mol. The van der Waals surface area contributed by atoms with Crippen LogP contribution in [-0.4, -0.2) is 23.6 Å². The molecule has 120 valence electrons. The van der Waals surface area contributed by atoms with Gasteiger partial charge in [-0.25, -0.2) is 4.79 Å². The van der Waals surface area contributed by atoms with Crippen LogP contribution in [0, 0.1) is 5.92 Å². The summed E-state index contributed by atoms with van der Waals surface area (Å²) in [6.07, 6.45) is 0. The highest BCUT2D eigenvalue weighted by atomic mass is 16.5. The average Bonchev–Trinajstić information content (AvgIpc) is 2.53. The predicted octanol–water partition coefficient (Wildman–Crippen LogP) is 3.67. The summed E-state index contributed by atoms with van der Waals surface area (Å²) in [5, 5.41) is 11.8. The minimum absolute atomic E-state index is 0.0491. The molecule has 1 amide bonds. The Hall–Kier alpha value is -2.82. The van der Waals surface area contributed by atoms with Crippen molar-refractivity contribution >= 4 is 17.6 Å². The standard InChI is InChI=1S/C18H19NO4/c1-12(2)11-23-14-7-5-6-13(10-14)17(20)19-16-9-4-3-8-15(16)18(21)22/h3-10,12H,11H2,1-2H3,(H,19,20)(H,21,22). The van der Waals surface area contributed by atoms with Crippen LogP contribution in [0.5, 0.6) is 5.75 Å². The second-order valence-corrected chi connectivity index (χ2v) is 5.54. The van der Waals surface area contributed by atoms with Crippen LogP contribution in [-0.2, 0) is 0 Å². The molecule has 2 aromatic rings. The Balaban J connectivity index is 2.15. The lowest BCUT2D eigenvalue weighted by Crippen LogP contribution is -2.15. The van der Waals surface area contributed by atoms with Crippen LogP contribution in [0.1, 0.15) is 34.6 Å². The molecule has 0 aliphatic carbocycles. The predicted molar refractivity (Wildman–Crippen MR) is 88.1 cm³/mol. The maximum atomic E-state index is 12.3. The number of carboxylic acids is 1. The molecule has 0 bridgehead atoms. The number of rotatable bonds is 6. The minimum atomic E-state index is -1.09. The number of hydrogen-bond acceptors (Lipinski definition) is 3. The maximum Gasteiger partial charge on any atom is 0.337 e. The highest BCUT2D eigenvalue weighted by Gasteiger charge is 2.13. The average molecular weight is 313 g/mol. The Morgan fingerprint density at radius 3 is 2.57 bits per heavy atom. The molecule has 0 spiro atoms. The first-order chi connectivity index (χ1) is 11.0. The third kappa shape index (κ3) is 4.57. The molecule has 0 aromatic heterocycles. The second kappa shape index (κ2) is 7.45. The summed E-state index contributed by atoms with van der Waals surface area (Å²) in [4.78, 5) is 23.5. The molecular formula is C18H19NO4. The van der Waals surface area contributed by atoms with Crippen molar-refractivity contribution in [3.05, 3.63) is 59.7 Å². The van der Waals surface area contributed by atoms with Gasteiger partial charge in [-0.1, -0.05) is 32.0 Å². The van der Waals surface area contributed by atoms with Gasteiger partial charge in [0.1, 0.15) is 5.75 Å². The number of carbonyl (C=O) groups is 2. The minimum Gasteiger partial charge on any atom is -0.493 e. The molecule has 23 heavy (non-hydrogen) atoms. The summed E-state index contributed by atoms with van der Waals surface area (Å²) in [5.41, 5.74) is 0.720. The molecule has 2 N–H and O–H groups in total. The van der Waals surface area contributed by atoms with Crippen LogP contribution in [0.3, 0.4) is 0 Å². The summed E-state index contributed by atoms with van der Waals surface area (Å²) < 4.78 is 5.60. The van der Waals surface area contributed by atoms with Gasteiger partial charge in [-0.2, -0.15) is 0 Å². The van der Waals surface area contributed by atoms with E-state index in [4.69, 9.17) is 9.84 Å². The van der Waals surface area contributed by atoms with E-state index in [9.17, 15) is 9.59 Å². The quantitative estimate of drug-likeness (QED) is 0.853. The van der Waals surface area contributed by atoms with E-state index in [1.54, 1.807) is 42.5 Å². The van der Waals surface area contributed by atoms with Crippen LogP contribution < -0.4 is 10.1 Å². The number of aromatic carboxylic acids is 1. The number of nitrogens with one attached hydrogen (secondary N) is 1. The Kier molecular flexibility index (Phi) is 5.36. The van der Waals surface area contributed by atoms with Gasteiger partial charge in [0.15, 0.2) is 0 Å². The fraction of sp³-hybridized carbons (Fsp3) is 0.222. The van der Waals surface area contributed by atoms with Crippen molar-refractivity contribution in [3.63, 3.8) is 0 Å². The molecule has 0 saturated carbocycles. The number of carboxylic acid groups (broad SMARTS) is 1. The largest absolute Gasteiger partial charge is 0.493 e. The van der Waals surface area contributed by atoms with Gasteiger partial charge in [-0.15, -0.1) is 0 Å². The van der Waals surface area contributed by atoms with Crippen molar-refractivity contribution in [2.24, 2.45) is 5.92 Å². The topological polar surface area (TPSA) is 75.6 Å². The second-order valence-electron chi connectivity index (χ2n) is 5.54. The molecule has 2 rings (SSSR count). The third-order valence-electron chi connectivity index (χ3n) is 3.09. The van der Waals surface area contributed by atoms with Gasteiger partial charge in [0.2, 0.25) is 0 Å². The Morgan fingerprint density at radius 2 is 1.87 bits per heavy atom. The fourth-order valence-electron chi connectivity index (χ4n) is 1.96. The van der Waals surface area contributed by atoms with E-state index < -0.39 is 5.97 Å². The number of anilines is 1. The molecule has 2 aromatic carbocycles.